The molecule has 1 aliphatic rings. The molecular weight excluding hydrogens is 420 g/mol. The van der Waals surface area contributed by atoms with Gasteiger partial charge in [-0.15, -0.1) is 11.6 Å². The maximum atomic E-state index is 12.9. The van der Waals surface area contributed by atoms with Crippen molar-refractivity contribution in [2.45, 2.75) is 31.4 Å². The van der Waals surface area contributed by atoms with Gasteiger partial charge in [0.1, 0.15) is 23.9 Å². The van der Waals surface area contributed by atoms with E-state index in [-0.39, 0.29) is 12.4 Å². The van der Waals surface area contributed by atoms with Crippen molar-refractivity contribution in [1.29, 1.82) is 0 Å². The zero-order chi connectivity index (χ0) is 21.7. The molecular formula is C23H29ClO5Si. The summed E-state index contributed by atoms with van der Waals surface area (Å²) in [6.07, 6.45) is 0.832. The van der Waals surface area contributed by atoms with Crippen LogP contribution in [0.2, 0.25) is 19.6 Å². The highest BCUT2D eigenvalue weighted by atomic mass is 35.5. The molecule has 0 spiro atoms. The van der Waals surface area contributed by atoms with E-state index < -0.39 is 19.6 Å². The Morgan fingerprint density at radius 1 is 1.10 bits per heavy atom. The summed E-state index contributed by atoms with van der Waals surface area (Å²) in [5.74, 6) is 1.62. The molecule has 1 aliphatic heterocycles. The number of benzene rings is 2. The third kappa shape index (κ3) is 5.77. The summed E-state index contributed by atoms with van der Waals surface area (Å²) in [5.41, 5.74) is 1.41. The lowest BCUT2D eigenvalue weighted by Crippen LogP contribution is -2.30. The van der Waals surface area contributed by atoms with Gasteiger partial charge in [-0.1, -0.05) is 6.07 Å². The van der Waals surface area contributed by atoms with Gasteiger partial charge in [-0.2, -0.15) is 0 Å². The smallest absolute Gasteiger partial charge is 0.183 e. The van der Waals surface area contributed by atoms with Gasteiger partial charge in [-0.25, -0.2) is 0 Å². The van der Waals surface area contributed by atoms with E-state index in [1.165, 1.54) is 0 Å². The summed E-state index contributed by atoms with van der Waals surface area (Å²) in [6, 6.07) is 12.6. The highest BCUT2D eigenvalue weighted by molar-refractivity contribution is 6.69. The number of hydrogen-bond acceptors (Lipinski definition) is 5. The van der Waals surface area contributed by atoms with Crippen LogP contribution in [0.25, 0.3) is 0 Å². The Bertz CT molecular complexity index is 863. The lowest BCUT2D eigenvalue weighted by Gasteiger charge is -2.29. The third-order valence-corrected chi connectivity index (χ3v) is 6.47. The fraction of sp³-hybridized carbons (Fsp3) is 0.435. The lowest BCUT2D eigenvalue weighted by molar-refractivity contribution is 0.0849. The predicted octanol–water partition coefficient (Wildman–Crippen LogP) is 5.49. The standard InChI is InChI=1S/C23H29ClO5Si/c1-26-17-8-6-16(7-9-17)23(25)20-15-28-21-14-18(10-11-19(21)22(20)24)27-12-5-13-29-30(2,3)4/h6-11,14,20,22H,5,12-13,15H2,1-4H3. The van der Waals surface area contributed by atoms with Gasteiger partial charge in [-0.05, 0) is 50.0 Å². The van der Waals surface area contributed by atoms with Gasteiger partial charge < -0.3 is 18.6 Å². The van der Waals surface area contributed by atoms with Crippen LogP contribution in [0.15, 0.2) is 42.5 Å². The van der Waals surface area contributed by atoms with Crippen LogP contribution in [-0.2, 0) is 4.43 Å². The summed E-state index contributed by atoms with van der Waals surface area (Å²) < 4.78 is 22.7. The number of ether oxygens (including phenoxy) is 3. The summed E-state index contributed by atoms with van der Waals surface area (Å²) in [6.45, 7) is 8.03. The second-order valence-corrected chi connectivity index (χ2v) is 13.3. The van der Waals surface area contributed by atoms with Crippen LogP contribution in [0.4, 0.5) is 0 Å². The Balaban J connectivity index is 1.60. The van der Waals surface area contributed by atoms with Gasteiger partial charge in [0.15, 0.2) is 14.1 Å². The quantitative estimate of drug-likeness (QED) is 0.220. The van der Waals surface area contributed by atoms with Gasteiger partial charge in [0.25, 0.3) is 0 Å². The summed E-state index contributed by atoms with van der Waals surface area (Å²) in [4.78, 5) is 12.9. The van der Waals surface area contributed by atoms with E-state index in [2.05, 4.69) is 19.6 Å². The average molecular weight is 449 g/mol. The number of fused-ring (bicyclic) bond motifs is 1. The van der Waals surface area contributed by atoms with E-state index in [0.29, 0.717) is 30.3 Å². The van der Waals surface area contributed by atoms with E-state index in [4.69, 9.17) is 30.2 Å². The Labute approximate surface area is 184 Å². The van der Waals surface area contributed by atoms with Gasteiger partial charge in [0.05, 0.1) is 25.0 Å². The molecule has 5 nitrogen and oxygen atoms in total. The number of carbonyl (C=O) groups excluding carboxylic acids is 1. The SMILES string of the molecule is COc1ccc(C(=O)C2COc3cc(OCCCO[Si](C)(C)C)ccc3C2Cl)cc1. The number of hydrogen-bond donors (Lipinski definition) is 0. The van der Waals surface area contributed by atoms with Gasteiger partial charge in [-0.3, -0.25) is 4.79 Å². The number of alkyl halides is 1. The van der Waals surface area contributed by atoms with Crippen molar-refractivity contribution in [3.63, 3.8) is 0 Å². The molecule has 0 fully saturated rings. The monoisotopic (exact) mass is 448 g/mol. The molecule has 0 aliphatic carbocycles. The van der Waals surface area contributed by atoms with Crippen molar-refractivity contribution in [3.05, 3.63) is 53.6 Å². The summed E-state index contributed by atoms with van der Waals surface area (Å²) in [7, 11) is 0.111. The lowest BCUT2D eigenvalue weighted by atomic mass is 9.89. The van der Waals surface area contributed by atoms with Crippen LogP contribution in [0.5, 0.6) is 17.2 Å². The zero-order valence-corrected chi connectivity index (χ0v) is 19.7. The number of ketones is 1. The molecule has 2 aromatic carbocycles. The second-order valence-electron chi connectivity index (χ2n) is 8.27. The molecule has 2 atom stereocenters. The zero-order valence-electron chi connectivity index (χ0n) is 17.9. The predicted molar refractivity (Wildman–Crippen MR) is 121 cm³/mol. The normalized spacial score (nSPS) is 18.3. The fourth-order valence-electron chi connectivity index (χ4n) is 3.24. The Hall–Kier alpha value is -2.02. The van der Waals surface area contributed by atoms with Gasteiger partial charge in [0.2, 0.25) is 0 Å². The molecule has 0 N–H and O–H groups in total. The summed E-state index contributed by atoms with van der Waals surface area (Å²) >= 11 is 6.68. The van der Waals surface area contributed by atoms with Gasteiger partial charge >= 0.3 is 0 Å². The molecule has 0 bridgehead atoms. The molecule has 0 amide bonds. The molecule has 30 heavy (non-hydrogen) atoms. The Morgan fingerprint density at radius 3 is 2.47 bits per heavy atom. The molecule has 0 saturated heterocycles. The molecule has 7 heteroatoms. The van der Waals surface area contributed by atoms with E-state index in [9.17, 15) is 4.79 Å². The van der Waals surface area contributed by atoms with Crippen LogP contribution in [0, 0.1) is 5.92 Å². The fourth-order valence-corrected chi connectivity index (χ4v) is 4.37. The Morgan fingerprint density at radius 2 is 1.80 bits per heavy atom. The maximum absolute atomic E-state index is 12.9. The average Bonchev–Trinajstić information content (AvgIpc) is 2.72. The van der Waals surface area contributed by atoms with Crippen molar-refractivity contribution < 1.29 is 23.4 Å². The van der Waals surface area contributed by atoms with Crippen molar-refractivity contribution in [2.75, 3.05) is 26.9 Å². The van der Waals surface area contributed by atoms with E-state index in [1.807, 2.05) is 18.2 Å². The van der Waals surface area contributed by atoms with Crippen molar-refractivity contribution >= 4 is 25.7 Å². The first-order valence-corrected chi connectivity index (χ1v) is 14.0. The topological polar surface area (TPSA) is 54.0 Å². The summed E-state index contributed by atoms with van der Waals surface area (Å²) in [5, 5.41) is -0.456. The molecule has 2 unspecified atom stereocenters. The molecule has 0 aromatic heterocycles. The van der Waals surface area contributed by atoms with Crippen LogP contribution in [-0.4, -0.2) is 41.0 Å². The van der Waals surface area contributed by atoms with Gasteiger partial charge in [0, 0.05) is 30.2 Å². The van der Waals surface area contributed by atoms with Crippen LogP contribution in [0.1, 0.15) is 27.7 Å². The second kappa shape index (κ2) is 9.86. The first-order chi connectivity index (χ1) is 14.3. The number of halogens is 1. The van der Waals surface area contributed by atoms with E-state index in [1.54, 1.807) is 31.4 Å². The third-order valence-electron chi connectivity index (χ3n) is 4.86. The number of carbonyl (C=O) groups is 1. The first kappa shape index (κ1) is 22.7. The maximum Gasteiger partial charge on any atom is 0.183 e. The number of methoxy groups -OCH3 is 1. The molecule has 0 radical (unpaired) electrons. The Kier molecular flexibility index (Phi) is 7.44. The van der Waals surface area contributed by atoms with E-state index >= 15 is 0 Å². The van der Waals surface area contributed by atoms with E-state index in [0.717, 1.165) is 17.7 Å². The molecule has 1 heterocycles. The van der Waals surface area contributed by atoms with Crippen LogP contribution < -0.4 is 14.2 Å². The molecule has 3 rings (SSSR count). The van der Waals surface area contributed by atoms with Crippen molar-refractivity contribution in [1.82, 2.24) is 0 Å². The molecule has 0 saturated carbocycles. The number of rotatable bonds is 9. The van der Waals surface area contributed by atoms with Crippen LogP contribution in [0.3, 0.4) is 0 Å². The van der Waals surface area contributed by atoms with Crippen LogP contribution >= 0.6 is 11.6 Å². The minimum atomic E-state index is -1.48. The molecule has 162 valence electrons. The highest BCUT2D eigenvalue weighted by Crippen LogP contribution is 2.42. The van der Waals surface area contributed by atoms with Crippen molar-refractivity contribution in [2.24, 2.45) is 5.92 Å². The van der Waals surface area contributed by atoms with Crippen molar-refractivity contribution in [3.8, 4) is 17.2 Å². The minimum Gasteiger partial charge on any atom is -0.497 e. The minimum absolute atomic E-state index is 0.0361. The largest absolute Gasteiger partial charge is 0.497 e. The molecule has 2 aromatic rings. The highest BCUT2D eigenvalue weighted by Gasteiger charge is 2.35. The first-order valence-electron chi connectivity index (χ1n) is 10.1. The number of Topliss-reactive ketones (excluding diaryl/α,β-unsaturated/α-hetero) is 1.